The third kappa shape index (κ3) is 12.2. The first kappa shape index (κ1) is 41.2. The normalized spacial score (nSPS) is 11.1. The summed E-state index contributed by atoms with van der Waals surface area (Å²) in [7, 11) is 11.0. The zero-order valence-corrected chi connectivity index (χ0v) is 36.2. The first-order valence-corrected chi connectivity index (χ1v) is 25.4. The molecule has 0 aliphatic carbocycles. The molecule has 2 radical (unpaired) electrons. The maximum atomic E-state index is 4.93. The number of rotatable bonds is 5. The first-order chi connectivity index (χ1) is 23.2. The molecule has 0 spiro atoms. The number of fused-ring (bicyclic) bond motifs is 2. The van der Waals surface area contributed by atoms with Crippen LogP contribution in [-0.2, 0) is 31.7 Å². The number of hydrogen-bond acceptors (Lipinski definition) is 0. The molecule has 0 N–H and O–H groups in total. The summed E-state index contributed by atoms with van der Waals surface area (Å²) in [6.45, 7) is 22.3. The van der Waals surface area contributed by atoms with Crippen molar-refractivity contribution in [3.63, 3.8) is 0 Å². The van der Waals surface area contributed by atoms with Crippen molar-refractivity contribution in [2.45, 2.75) is 98.6 Å². The molecule has 6 aromatic carbocycles. The molecule has 0 saturated heterocycles. The van der Waals surface area contributed by atoms with Gasteiger partial charge in [0.15, 0.2) is 0 Å². The molecule has 0 atom stereocenters. The molecule has 0 bridgehead atoms. The Bertz CT molecular complexity index is 1710. The summed E-state index contributed by atoms with van der Waals surface area (Å²) >= 11 is -0.826. The third-order valence-corrected chi connectivity index (χ3v) is 9.55. The average Bonchev–Trinajstić information content (AvgIpc) is 3.64. The number of hydrogen-bond donors (Lipinski definition) is 0. The van der Waals surface area contributed by atoms with Crippen molar-refractivity contribution in [2.75, 3.05) is 0 Å². The van der Waals surface area contributed by atoms with Gasteiger partial charge in [-0.3, -0.25) is 0 Å². The second-order valence-corrected chi connectivity index (χ2v) is 19.8. The molecule has 0 fully saturated rings. The predicted molar refractivity (Wildman–Crippen MR) is 220 cm³/mol. The van der Waals surface area contributed by atoms with Gasteiger partial charge in [-0.15, -0.1) is 69.1 Å². The molecule has 0 aliphatic heterocycles. The summed E-state index contributed by atoms with van der Waals surface area (Å²) in [5.74, 6) is 0. The Kier molecular flexibility index (Phi) is 16.3. The quantitative estimate of drug-likeness (QED) is 0.0928. The van der Waals surface area contributed by atoms with Gasteiger partial charge in [0.1, 0.15) is 0 Å². The topological polar surface area (TPSA) is 0 Å². The van der Waals surface area contributed by atoms with E-state index in [9.17, 15) is 0 Å². The Morgan fingerprint density at radius 3 is 1.27 bits per heavy atom. The first-order valence-electron chi connectivity index (χ1n) is 17.4. The Morgan fingerprint density at radius 2 is 0.980 bits per heavy atom. The Balaban J connectivity index is 0.000000214. The summed E-state index contributed by atoms with van der Waals surface area (Å²) in [5.41, 5.74) is 11.1. The summed E-state index contributed by atoms with van der Waals surface area (Å²) in [6, 6.07) is 41.6. The third-order valence-electron chi connectivity index (χ3n) is 8.69. The molecule has 256 valence electrons. The molecule has 4 heteroatoms. The zero-order valence-electron chi connectivity index (χ0n) is 31.3. The monoisotopic (exact) mass is 782 g/mol. The van der Waals surface area contributed by atoms with Crippen molar-refractivity contribution in [1.82, 2.24) is 0 Å². The second kappa shape index (κ2) is 19.4. The number of benzene rings is 4. The van der Waals surface area contributed by atoms with E-state index < -0.39 is 20.8 Å². The van der Waals surface area contributed by atoms with Gasteiger partial charge in [-0.05, 0) is 33.1 Å². The fraction of sp³-hybridized carbons (Fsp3) is 0.333. The van der Waals surface area contributed by atoms with Crippen LogP contribution in [0.2, 0.25) is 12.6 Å². The zero-order chi connectivity index (χ0) is 36.2. The van der Waals surface area contributed by atoms with E-state index >= 15 is 0 Å². The van der Waals surface area contributed by atoms with Gasteiger partial charge in [-0.25, -0.2) is 0 Å². The van der Waals surface area contributed by atoms with Gasteiger partial charge < -0.3 is 0 Å². The van der Waals surface area contributed by atoms with E-state index in [1.807, 2.05) is 0 Å². The van der Waals surface area contributed by atoms with Crippen LogP contribution in [0.3, 0.4) is 0 Å². The van der Waals surface area contributed by atoms with E-state index in [4.69, 9.17) is 17.0 Å². The van der Waals surface area contributed by atoms with Crippen LogP contribution in [-0.4, -0.2) is 9.52 Å². The van der Waals surface area contributed by atoms with E-state index in [0.717, 1.165) is 9.52 Å². The maximum absolute atomic E-state index is 4.93. The Hall–Kier alpha value is -2.22. The van der Waals surface area contributed by atoms with Crippen LogP contribution in [0.15, 0.2) is 109 Å². The molecule has 0 aliphatic rings. The van der Waals surface area contributed by atoms with E-state index in [-0.39, 0.29) is 10.8 Å². The SMILES string of the molecule is CCCC[Si]C.Cc1cc2c(-c3ccc(C(C)(C)C)cc3)cccc2[cH-]1.Cc1cc2c(-c3ccc(C(C)(C)C)cc3)cccc2[cH-]1.[Cl][Zr+2][Cl]. The number of aryl methyl sites for hydroxylation is 2. The fourth-order valence-corrected chi connectivity index (χ4v) is 6.63. The average molecular weight is 785 g/mol. The minimum atomic E-state index is -0.826. The molecule has 0 aromatic heterocycles. The molecule has 0 nitrogen and oxygen atoms in total. The van der Waals surface area contributed by atoms with E-state index in [1.165, 1.54) is 84.9 Å². The number of halogens is 2. The van der Waals surface area contributed by atoms with Gasteiger partial charge in [0, 0.05) is 9.52 Å². The summed E-state index contributed by atoms with van der Waals surface area (Å²) in [4.78, 5) is 0. The minimum absolute atomic E-state index is 0.210. The molecule has 49 heavy (non-hydrogen) atoms. The van der Waals surface area contributed by atoms with Crippen molar-refractivity contribution in [3.05, 3.63) is 131 Å². The second-order valence-electron chi connectivity index (χ2n) is 14.9. The van der Waals surface area contributed by atoms with Crippen LogP contribution < -0.4 is 0 Å². The molecular formula is C45H54Cl2SiZr. The van der Waals surface area contributed by atoms with Crippen molar-refractivity contribution >= 4 is 48.1 Å². The molecule has 0 amide bonds. The molecular weight excluding hydrogens is 731 g/mol. The fourth-order valence-electron chi connectivity index (χ4n) is 5.93. The van der Waals surface area contributed by atoms with Crippen LogP contribution in [0.5, 0.6) is 0 Å². The molecule has 0 heterocycles. The van der Waals surface area contributed by atoms with E-state index in [0.29, 0.717) is 0 Å². The Morgan fingerprint density at radius 1 is 0.612 bits per heavy atom. The predicted octanol–water partition coefficient (Wildman–Crippen LogP) is 15.0. The van der Waals surface area contributed by atoms with Crippen molar-refractivity contribution < 1.29 is 20.8 Å². The van der Waals surface area contributed by atoms with Crippen molar-refractivity contribution in [3.8, 4) is 22.3 Å². The summed E-state index contributed by atoms with van der Waals surface area (Å²) in [6.07, 6.45) is 2.79. The van der Waals surface area contributed by atoms with E-state index in [1.54, 1.807) is 0 Å². The van der Waals surface area contributed by atoms with Crippen LogP contribution in [0, 0.1) is 13.8 Å². The van der Waals surface area contributed by atoms with Gasteiger partial charge in [0.05, 0.1) is 0 Å². The molecule has 6 rings (SSSR count). The van der Waals surface area contributed by atoms with Crippen molar-refractivity contribution in [1.29, 1.82) is 0 Å². The summed E-state index contributed by atoms with van der Waals surface area (Å²) in [5, 5.41) is 5.38. The van der Waals surface area contributed by atoms with Crippen LogP contribution in [0.25, 0.3) is 43.8 Å². The number of unbranched alkanes of at least 4 members (excludes halogenated alkanes) is 1. The molecule has 0 unspecified atom stereocenters. The molecule has 0 saturated carbocycles. The van der Waals surface area contributed by atoms with Crippen LogP contribution in [0.1, 0.15) is 83.6 Å². The van der Waals surface area contributed by atoms with Gasteiger partial charge in [-0.1, -0.05) is 160 Å². The standard InChI is InChI=1S/2C20H21.C5H12Si.2ClH.Zr/c2*1-14-12-16-6-5-7-18(19(16)13-14)15-8-10-17(11-9-15)20(2,3)4;1-3-4-5-6-2;;;/h2*5-13H,1-4H3;3-5H2,1-2H3;2*1H;/q2*-1;;;;+4/p-2. The van der Waals surface area contributed by atoms with Gasteiger partial charge >= 0.3 is 37.9 Å². The van der Waals surface area contributed by atoms with Gasteiger partial charge in [-0.2, -0.15) is 12.1 Å². The molecule has 6 aromatic rings. The Labute approximate surface area is 318 Å². The van der Waals surface area contributed by atoms with Crippen LogP contribution in [0.4, 0.5) is 0 Å². The summed E-state index contributed by atoms with van der Waals surface area (Å²) < 4.78 is 0. The van der Waals surface area contributed by atoms with Gasteiger partial charge in [0.2, 0.25) is 0 Å². The van der Waals surface area contributed by atoms with Crippen molar-refractivity contribution in [2.24, 2.45) is 0 Å². The van der Waals surface area contributed by atoms with Gasteiger partial charge in [0.25, 0.3) is 0 Å². The van der Waals surface area contributed by atoms with E-state index in [2.05, 4.69) is 178 Å². The van der Waals surface area contributed by atoms with Crippen LogP contribution >= 0.6 is 17.0 Å².